The van der Waals surface area contributed by atoms with E-state index in [1.165, 1.54) is 98.8 Å². The Labute approximate surface area is 255 Å². The van der Waals surface area contributed by atoms with E-state index in [2.05, 4.69) is 158 Å². The number of fused-ring (bicyclic) bond motifs is 10. The summed E-state index contributed by atoms with van der Waals surface area (Å²) in [7, 11) is 0. The quantitative estimate of drug-likeness (QED) is 0.186. The van der Waals surface area contributed by atoms with E-state index < -0.39 is 0 Å². The molecule has 0 aromatic heterocycles. The van der Waals surface area contributed by atoms with Gasteiger partial charge >= 0.3 is 0 Å². The Morgan fingerprint density at radius 1 is 0.227 bits per heavy atom. The lowest BCUT2D eigenvalue weighted by Gasteiger charge is -2.16. The van der Waals surface area contributed by atoms with Crippen molar-refractivity contribution in [3.63, 3.8) is 0 Å². The minimum atomic E-state index is 1.26. The molecule has 202 valence electrons. The van der Waals surface area contributed by atoms with Crippen LogP contribution in [-0.2, 0) is 0 Å². The van der Waals surface area contributed by atoms with Crippen LogP contribution in [-0.4, -0.2) is 0 Å². The molecule has 0 amide bonds. The van der Waals surface area contributed by atoms with Gasteiger partial charge < -0.3 is 0 Å². The first kappa shape index (κ1) is 23.8. The molecule has 0 heterocycles. The lowest BCUT2D eigenvalue weighted by atomic mass is 9.87. The van der Waals surface area contributed by atoms with Crippen molar-refractivity contribution >= 4 is 65.4 Å². The monoisotopic (exact) mass is 554 g/mol. The third kappa shape index (κ3) is 3.23. The summed E-state index contributed by atoms with van der Waals surface area (Å²) in [5.41, 5.74) is 13.2. The molecule has 0 radical (unpaired) electrons. The number of hydrogen-bond acceptors (Lipinski definition) is 0. The molecule has 44 heavy (non-hydrogen) atoms. The van der Waals surface area contributed by atoms with Crippen LogP contribution in [0.2, 0.25) is 0 Å². The molecule has 0 saturated carbocycles. The minimum Gasteiger partial charge on any atom is -0.0622 e. The lowest BCUT2D eigenvalue weighted by molar-refractivity contribution is 1.56. The molecule has 0 N–H and O–H groups in total. The van der Waals surface area contributed by atoms with Crippen LogP contribution in [0.3, 0.4) is 0 Å². The Morgan fingerprint density at radius 3 is 1.20 bits per heavy atom. The van der Waals surface area contributed by atoms with Crippen LogP contribution >= 0.6 is 0 Å². The molecule has 2 aliphatic carbocycles. The minimum absolute atomic E-state index is 1.26. The van der Waals surface area contributed by atoms with Crippen LogP contribution in [0.1, 0.15) is 33.4 Å². The standard InChI is InChI=1S/C44H26/c1-2-12-27(13-3-1)41-37-22-28-14-4-6-16-30(28)24-39(37)44-42(38-23-29-15-5-7-17-31(29)25-40(38)43(41)44)36-26-32-18-8-9-19-33(32)34-20-10-11-21-35(34)36/h1-26H. The van der Waals surface area contributed by atoms with E-state index in [9.17, 15) is 0 Å². The second kappa shape index (κ2) is 8.89. The maximum absolute atomic E-state index is 2.44. The molecule has 0 aliphatic heterocycles. The first-order valence-corrected chi connectivity index (χ1v) is 15.4. The van der Waals surface area contributed by atoms with E-state index in [1.807, 2.05) is 0 Å². The average Bonchev–Trinajstić information content (AvgIpc) is 3.57. The van der Waals surface area contributed by atoms with E-state index in [0.29, 0.717) is 0 Å². The highest BCUT2D eigenvalue weighted by Gasteiger charge is 2.38. The van der Waals surface area contributed by atoms with E-state index in [0.717, 1.165) is 0 Å². The zero-order chi connectivity index (χ0) is 28.8. The molecular formula is C44H26. The van der Waals surface area contributed by atoms with Gasteiger partial charge in [-0.3, -0.25) is 0 Å². The van der Waals surface area contributed by atoms with Crippen LogP contribution in [0.4, 0.5) is 0 Å². The topological polar surface area (TPSA) is 0 Å². The van der Waals surface area contributed by atoms with Gasteiger partial charge in [0.15, 0.2) is 0 Å². The molecule has 0 fully saturated rings. The predicted octanol–water partition coefficient (Wildman–Crippen LogP) is 11.5. The Balaban J connectivity index is 1.44. The van der Waals surface area contributed by atoms with Gasteiger partial charge in [-0.1, -0.05) is 127 Å². The molecule has 0 spiro atoms. The van der Waals surface area contributed by atoms with Gasteiger partial charge in [-0.25, -0.2) is 0 Å². The van der Waals surface area contributed by atoms with Crippen LogP contribution in [0, 0.1) is 0 Å². The van der Waals surface area contributed by atoms with Gasteiger partial charge in [0, 0.05) is 0 Å². The first-order valence-electron chi connectivity index (χ1n) is 15.4. The van der Waals surface area contributed by atoms with Gasteiger partial charge in [-0.2, -0.15) is 0 Å². The Morgan fingerprint density at radius 2 is 0.614 bits per heavy atom. The first-order chi connectivity index (χ1) is 21.8. The fourth-order valence-electron chi connectivity index (χ4n) is 7.81. The Hall–Kier alpha value is -5.72. The van der Waals surface area contributed by atoms with Crippen LogP contribution in [0.5, 0.6) is 0 Å². The van der Waals surface area contributed by atoms with Crippen molar-refractivity contribution in [1.82, 2.24) is 0 Å². The van der Waals surface area contributed by atoms with Crippen molar-refractivity contribution in [2.75, 3.05) is 0 Å². The summed E-state index contributed by atoms with van der Waals surface area (Å²) in [6.45, 7) is 0. The largest absolute Gasteiger partial charge is 0.0622 e. The highest BCUT2D eigenvalue weighted by molar-refractivity contribution is 6.37. The molecule has 10 rings (SSSR count). The zero-order valence-electron chi connectivity index (χ0n) is 24.0. The van der Waals surface area contributed by atoms with Gasteiger partial charge in [-0.05, 0) is 129 Å². The normalized spacial score (nSPS) is 13.7. The molecule has 0 nitrogen and oxygen atoms in total. The second-order valence-corrected chi connectivity index (χ2v) is 12.0. The van der Waals surface area contributed by atoms with Gasteiger partial charge in [0.05, 0.1) is 0 Å². The summed E-state index contributed by atoms with van der Waals surface area (Å²) < 4.78 is 0. The molecule has 0 bridgehead atoms. The third-order valence-corrected chi connectivity index (χ3v) is 9.70. The summed E-state index contributed by atoms with van der Waals surface area (Å²) in [5.74, 6) is 0. The smallest absolute Gasteiger partial charge is 0.000718 e. The summed E-state index contributed by atoms with van der Waals surface area (Å²) in [5, 5.41) is 10.3. The van der Waals surface area contributed by atoms with E-state index in [4.69, 9.17) is 0 Å². The molecule has 8 aromatic carbocycles. The fourth-order valence-corrected chi connectivity index (χ4v) is 7.81. The SMILES string of the molecule is c1ccc(C2=C3C(=C(c4cc5ccccc5c5ccccc45)c4cc5ccccc5cc43)c3cc4ccccc4cc32)cc1. The molecule has 2 aliphatic rings. The highest BCUT2D eigenvalue weighted by atomic mass is 14.4. The van der Waals surface area contributed by atoms with Crippen LogP contribution < -0.4 is 0 Å². The number of allylic oxidation sites excluding steroid dienone is 2. The fraction of sp³-hybridized carbons (Fsp3) is 0. The summed E-state index contributed by atoms with van der Waals surface area (Å²) in [4.78, 5) is 0. The van der Waals surface area contributed by atoms with Crippen molar-refractivity contribution in [2.24, 2.45) is 0 Å². The van der Waals surface area contributed by atoms with E-state index >= 15 is 0 Å². The van der Waals surface area contributed by atoms with Gasteiger partial charge in [0.2, 0.25) is 0 Å². The van der Waals surface area contributed by atoms with Gasteiger partial charge in [0.25, 0.3) is 0 Å². The molecule has 8 aromatic rings. The highest BCUT2D eigenvalue weighted by Crippen LogP contribution is 2.60. The van der Waals surface area contributed by atoms with Crippen LogP contribution in [0.15, 0.2) is 158 Å². The summed E-state index contributed by atoms with van der Waals surface area (Å²) in [6.07, 6.45) is 0. The average molecular weight is 555 g/mol. The molecule has 0 unspecified atom stereocenters. The molecule has 0 heteroatoms. The second-order valence-electron chi connectivity index (χ2n) is 12.0. The lowest BCUT2D eigenvalue weighted by Crippen LogP contribution is -1.95. The maximum atomic E-state index is 2.44. The predicted molar refractivity (Wildman–Crippen MR) is 188 cm³/mol. The van der Waals surface area contributed by atoms with Crippen LogP contribution in [0.25, 0.3) is 65.4 Å². The van der Waals surface area contributed by atoms with Crippen molar-refractivity contribution in [3.8, 4) is 0 Å². The van der Waals surface area contributed by atoms with E-state index in [1.54, 1.807) is 0 Å². The molecular weight excluding hydrogens is 528 g/mol. The molecule has 0 atom stereocenters. The third-order valence-electron chi connectivity index (χ3n) is 9.70. The Kier molecular flexibility index (Phi) is 4.81. The van der Waals surface area contributed by atoms with Crippen molar-refractivity contribution < 1.29 is 0 Å². The van der Waals surface area contributed by atoms with Crippen molar-refractivity contribution in [3.05, 3.63) is 191 Å². The van der Waals surface area contributed by atoms with Gasteiger partial charge in [-0.15, -0.1) is 0 Å². The number of rotatable bonds is 2. The molecule has 0 saturated heterocycles. The Bertz CT molecular complexity index is 2580. The zero-order valence-corrected chi connectivity index (χ0v) is 24.0. The summed E-state index contributed by atoms with van der Waals surface area (Å²) in [6, 6.07) is 58.5. The number of hydrogen-bond donors (Lipinski definition) is 0. The van der Waals surface area contributed by atoms with E-state index in [-0.39, 0.29) is 0 Å². The van der Waals surface area contributed by atoms with Crippen molar-refractivity contribution in [2.45, 2.75) is 0 Å². The summed E-state index contributed by atoms with van der Waals surface area (Å²) >= 11 is 0. The van der Waals surface area contributed by atoms with Crippen molar-refractivity contribution in [1.29, 1.82) is 0 Å². The van der Waals surface area contributed by atoms with Gasteiger partial charge in [0.1, 0.15) is 0 Å². The maximum Gasteiger partial charge on any atom is -0.000718 e. The number of benzene rings is 8.